The molecule has 0 radical (unpaired) electrons. The highest BCUT2D eigenvalue weighted by molar-refractivity contribution is 5.98. The largest absolute Gasteiger partial charge is 0.444 e. The maximum atomic E-state index is 13.7. The summed E-state index contributed by atoms with van der Waals surface area (Å²) in [6, 6.07) is 2.20. The van der Waals surface area contributed by atoms with E-state index in [0.717, 1.165) is 31.2 Å². The minimum atomic E-state index is -1.04. The molecule has 4 rings (SSSR count). The number of alkyl carbamates (subject to hydrolysis) is 1. The molecule has 4 atom stereocenters. The Balaban J connectivity index is 1.51. The van der Waals surface area contributed by atoms with Crippen molar-refractivity contribution in [2.45, 2.75) is 102 Å². The van der Waals surface area contributed by atoms with Gasteiger partial charge in [-0.2, -0.15) is 0 Å². The number of allylic oxidation sites excluding steroid dienone is 1. The van der Waals surface area contributed by atoms with Crippen LogP contribution < -0.4 is 16.0 Å². The Bertz CT molecular complexity index is 1090. The molecule has 1 saturated carbocycles. The molecule has 3 N–H and O–H groups in total. The van der Waals surface area contributed by atoms with E-state index in [4.69, 9.17) is 4.74 Å². The summed E-state index contributed by atoms with van der Waals surface area (Å²) >= 11 is 0. The molecule has 0 spiro atoms. The zero-order valence-corrected chi connectivity index (χ0v) is 23.2. The molecule has 2 fully saturated rings. The third kappa shape index (κ3) is 7.36. The predicted octanol–water partition coefficient (Wildman–Crippen LogP) is 2.98. The monoisotopic (exact) mass is 539 g/mol. The Morgan fingerprint density at radius 2 is 1.90 bits per heavy atom. The lowest BCUT2D eigenvalue weighted by Gasteiger charge is -2.30. The van der Waals surface area contributed by atoms with E-state index in [-0.39, 0.29) is 23.6 Å². The minimum Gasteiger partial charge on any atom is -0.444 e. The van der Waals surface area contributed by atoms with E-state index >= 15 is 0 Å². The number of fused-ring (bicyclic) bond motifs is 2. The number of amides is 4. The quantitative estimate of drug-likeness (QED) is 0.505. The summed E-state index contributed by atoms with van der Waals surface area (Å²) in [5.74, 6) is -0.945. The van der Waals surface area contributed by atoms with Gasteiger partial charge in [0.15, 0.2) is 0 Å². The number of hydrogen-bond acceptors (Lipinski definition) is 6. The van der Waals surface area contributed by atoms with E-state index < -0.39 is 29.3 Å². The molecule has 4 amide bonds. The number of nitrogens with zero attached hydrogens (tertiary/aromatic N) is 2. The van der Waals surface area contributed by atoms with Gasteiger partial charge in [0, 0.05) is 31.4 Å². The van der Waals surface area contributed by atoms with Crippen LogP contribution in [0.25, 0.3) is 0 Å². The van der Waals surface area contributed by atoms with E-state index in [9.17, 15) is 19.2 Å². The third-order valence-electron chi connectivity index (χ3n) is 7.53. The molecule has 3 heterocycles. The first kappa shape index (κ1) is 28.6. The molecule has 10 nitrogen and oxygen atoms in total. The maximum Gasteiger partial charge on any atom is 0.408 e. The first-order valence-corrected chi connectivity index (χ1v) is 14.0. The average Bonchev–Trinajstić information content (AvgIpc) is 3.34. The number of hydrogen-bond donors (Lipinski definition) is 3. The van der Waals surface area contributed by atoms with Crippen molar-refractivity contribution < 1.29 is 23.9 Å². The fourth-order valence-electron chi connectivity index (χ4n) is 5.38. The van der Waals surface area contributed by atoms with E-state index in [0.29, 0.717) is 38.8 Å². The van der Waals surface area contributed by atoms with Crippen LogP contribution in [0, 0.1) is 5.92 Å². The van der Waals surface area contributed by atoms with Crippen molar-refractivity contribution in [3.63, 3.8) is 0 Å². The maximum absolute atomic E-state index is 13.7. The Kier molecular flexibility index (Phi) is 8.92. The van der Waals surface area contributed by atoms with Gasteiger partial charge in [0.25, 0.3) is 0 Å². The third-order valence-corrected chi connectivity index (χ3v) is 7.53. The second kappa shape index (κ2) is 12.2. The molecule has 1 aromatic rings. The standard InChI is InChI=1S/C29H41N5O5/c1-28(2,3)39-27(38)32-22-11-8-6-4-5-7-10-21-18-29(21,26(37)31-19-20-13-15-30-16-14-20)33-24(35)23-12-9-17-34(23)25(22)36/h7,10,13-16,21-23H,4-6,8-9,11-12,17-19H2,1-3H3,(H,31,37)(H,32,38)(H,33,35)/b10-7-/t21-,22-,23-,29+/m0/s1. The van der Waals surface area contributed by atoms with Crippen molar-refractivity contribution in [3.05, 3.63) is 42.2 Å². The molecule has 1 aromatic heterocycles. The van der Waals surface area contributed by atoms with E-state index in [1.165, 1.54) is 0 Å². The number of carbonyl (C=O) groups excluding carboxylic acids is 4. The molecule has 3 aliphatic rings. The summed E-state index contributed by atoms with van der Waals surface area (Å²) in [6.07, 6.45) is 12.4. The van der Waals surface area contributed by atoms with Gasteiger partial charge in [-0.05, 0) is 77.0 Å². The zero-order chi connectivity index (χ0) is 28.0. The fraction of sp³-hybridized carbons (Fsp3) is 0.621. The van der Waals surface area contributed by atoms with Crippen molar-refractivity contribution in [2.75, 3.05) is 6.54 Å². The van der Waals surface area contributed by atoms with E-state index in [2.05, 4.69) is 27.0 Å². The second-order valence-electron chi connectivity index (χ2n) is 11.8. The fourth-order valence-corrected chi connectivity index (χ4v) is 5.38. The normalized spacial score (nSPS) is 28.6. The molecule has 212 valence electrons. The molecule has 1 saturated heterocycles. The van der Waals surface area contributed by atoms with E-state index in [1.807, 2.05) is 18.2 Å². The average molecular weight is 540 g/mol. The molecule has 0 bridgehead atoms. The van der Waals surface area contributed by atoms with Crippen molar-refractivity contribution in [1.29, 1.82) is 0 Å². The highest BCUT2D eigenvalue weighted by Crippen LogP contribution is 2.45. The van der Waals surface area contributed by atoms with Crippen molar-refractivity contribution in [2.24, 2.45) is 5.92 Å². The van der Waals surface area contributed by atoms with Gasteiger partial charge in [0.1, 0.15) is 23.2 Å². The summed E-state index contributed by atoms with van der Waals surface area (Å²) in [5, 5.41) is 8.76. The van der Waals surface area contributed by atoms with Crippen LogP contribution in [0.15, 0.2) is 36.7 Å². The lowest BCUT2D eigenvalue weighted by Crippen LogP contribution is -2.57. The molecule has 10 heteroatoms. The Morgan fingerprint density at radius 3 is 2.64 bits per heavy atom. The van der Waals surface area contributed by atoms with Gasteiger partial charge < -0.3 is 25.6 Å². The summed E-state index contributed by atoms with van der Waals surface area (Å²) in [6.45, 7) is 6.07. The highest BCUT2D eigenvalue weighted by atomic mass is 16.6. The molecule has 0 aromatic carbocycles. The van der Waals surface area contributed by atoms with Crippen molar-refractivity contribution in [3.8, 4) is 0 Å². The number of carbonyl (C=O) groups is 4. The molecule has 1 aliphatic carbocycles. The van der Waals surface area contributed by atoms with Crippen LogP contribution >= 0.6 is 0 Å². The smallest absolute Gasteiger partial charge is 0.408 e. The van der Waals surface area contributed by atoms with Crippen LogP contribution in [0.5, 0.6) is 0 Å². The van der Waals surface area contributed by atoms with Gasteiger partial charge >= 0.3 is 6.09 Å². The van der Waals surface area contributed by atoms with Crippen LogP contribution in [0.3, 0.4) is 0 Å². The van der Waals surface area contributed by atoms with Crippen molar-refractivity contribution in [1.82, 2.24) is 25.8 Å². The number of nitrogens with one attached hydrogen (secondary N) is 3. The highest BCUT2D eigenvalue weighted by Gasteiger charge is 2.60. The molecule has 2 aliphatic heterocycles. The van der Waals surface area contributed by atoms with E-state index in [1.54, 1.807) is 38.1 Å². The van der Waals surface area contributed by atoms with Gasteiger partial charge in [-0.15, -0.1) is 0 Å². The summed E-state index contributed by atoms with van der Waals surface area (Å²) < 4.78 is 5.40. The molecular formula is C29H41N5O5. The van der Waals surface area contributed by atoms with Crippen molar-refractivity contribution >= 4 is 23.8 Å². The van der Waals surface area contributed by atoms with Gasteiger partial charge in [0.05, 0.1) is 0 Å². The number of pyridine rings is 1. The second-order valence-corrected chi connectivity index (χ2v) is 11.8. The minimum absolute atomic E-state index is 0.101. The molecular weight excluding hydrogens is 498 g/mol. The Morgan fingerprint density at radius 1 is 1.13 bits per heavy atom. The Hall–Kier alpha value is -3.43. The lowest BCUT2D eigenvalue weighted by atomic mass is 10.0. The lowest BCUT2D eigenvalue weighted by molar-refractivity contribution is -0.141. The summed E-state index contributed by atoms with van der Waals surface area (Å²) in [4.78, 5) is 58.8. The van der Waals surface area contributed by atoms with Crippen LogP contribution in [-0.4, -0.2) is 63.5 Å². The summed E-state index contributed by atoms with van der Waals surface area (Å²) in [5.41, 5.74) is -0.809. The van der Waals surface area contributed by atoms with Gasteiger partial charge in [-0.1, -0.05) is 25.0 Å². The SMILES string of the molecule is CC(C)(C)OC(=O)N[C@H]1CCCCC/C=C\[C@H]2C[C@@]2(C(=O)NCc2ccncc2)NC(=O)[C@@H]2CCCN2C1=O. The topological polar surface area (TPSA) is 130 Å². The first-order valence-electron chi connectivity index (χ1n) is 14.0. The van der Waals surface area contributed by atoms with Gasteiger partial charge in [-0.25, -0.2) is 4.79 Å². The predicted molar refractivity (Wildman–Crippen MR) is 145 cm³/mol. The van der Waals surface area contributed by atoms with Crippen LogP contribution in [0.2, 0.25) is 0 Å². The van der Waals surface area contributed by atoms with Crippen LogP contribution in [-0.2, 0) is 25.7 Å². The Labute approximate surface area is 230 Å². The zero-order valence-electron chi connectivity index (χ0n) is 23.2. The number of rotatable bonds is 4. The van der Waals surface area contributed by atoms with Gasteiger partial charge in [0.2, 0.25) is 17.7 Å². The molecule has 39 heavy (non-hydrogen) atoms. The number of aromatic nitrogens is 1. The van der Waals surface area contributed by atoms with Gasteiger partial charge in [-0.3, -0.25) is 19.4 Å². The van der Waals surface area contributed by atoms with Crippen LogP contribution in [0.1, 0.15) is 77.7 Å². The number of ether oxygens (including phenoxy) is 1. The summed E-state index contributed by atoms with van der Waals surface area (Å²) in [7, 11) is 0. The van der Waals surface area contributed by atoms with Crippen LogP contribution in [0.4, 0.5) is 4.79 Å². The molecule has 0 unspecified atom stereocenters. The first-order chi connectivity index (χ1) is 18.6.